The van der Waals surface area contributed by atoms with Crippen molar-refractivity contribution in [3.63, 3.8) is 0 Å². The molecule has 0 N–H and O–H groups in total. The highest BCUT2D eigenvalue weighted by atomic mass is 16.1. The summed E-state index contributed by atoms with van der Waals surface area (Å²) in [5.41, 5.74) is 1.12. The number of hydrogen-bond acceptors (Lipinski definition) is 1. The first-order valence-electron chi connectivity index (χ1n) is 6.01. The molecular weight excluding hydrogens is 172 g/mol. The van der Waals surface area contributed by atoms with E-state index < -0.39 is 0 Å². The first kappa shape index (κ1) is 11.5. The van der Waals surface area contributed by atoms with Crippen LogP contribution in [0.4, 0.5) is 0 Å². The van der Waals surface area contributed by atoms with Gasteiger partial charge >= 0.3 is 0 Å². The van der Waals surface area contributed by atoms with Crippen molar-refractivity contribution in [2.45, 2.75) is 58.8 Å². The fourth-order valence-corrected chi connectivity index (χ4v) is 2.25. The molecule has 0 unspecified atom stereocenters. The van der Waals surface area contributed by atoms with E-state index in [9.17, 15) is 4.79 Å². The molecular formula is C13H22O. The molecule has 0 radical (unpaired) electrons. The highest BCUT2D eigenvalue weighted by molar-refractivity contribution is 5.97. The molecule has 1 fully saturated rings. The van der Waals surface area contributed by atoms with Gasteiger partial charge in [0.15, 0.2) is 5.78 Å². The van der Waals surface area contributed by atoms with Gasteiger partial charge in [-0.2, -0.15) is 0 Å². The van der Waals surface area contributed by atoms with Crippen molar-refractivity contribution >= 4 is 5.78 Å². The molecule has 0 aromatic carbocycles. The van der Waals surface area contributed by atoms with E-state index in [-0.39, 0.29) is 0 Å². The zero-order valence-electron chi connectivity index (χ0n) is 9.51. The Morgan fingerprint density at radius 2 is 1.86 bits per heavy atom. The summed E-state index contributed by atoms with van der Waals surface area (Å²) in [6.07, 6.45) is 10.1. The molecule has 1 rings (SSSR count). The van der Waals surface area contributed by atoms with E-state index in [0.29, 0.717) is 11.7 Å². The zero-order chi connectivity index (χ0) is 10.4. The van der Waals surface area contributed by atoms with Crippen LogP contribution in [-0.2, 0) is 4.79 Å². The van der Waals surface area contributed by atoms with Crippen LogP contribution in [0.5, 0.6) is 0 Å². The lowest BCUT2D eigenvalue weighted by atomic mass is 9.95. The average Bonchev–Trinajstić information content (AvgIpc) is 2.53. The Labute approximate surface area is 87.6 Å². The molecule has 80 valence electrons. The molecule has 1 saturated carbocycles. The summed E-state index contributed by atoms with van der Waals surface area (Å²) in [4.78, 5) is 11.4. The third kappa shape index (κ3) is 3.28. The zero-order valence-corrected chi connectivity index (χ0v) is 9.51. The lowest BCUT2D eigenvalue weighted by Crippen LogP contribution is -2.00. The minimum atomic E-state index is 0.405. The van der Waals surface area contributed by atoms with Gasteiger partial charge in [0.2, 0.25) is 0 Å². The highest BCUT2D eigenvalue weighted by Crippen LogP contribution is 2.25. The minimum absolute atomic E-state index is 0.405. The van der Waals surface area contributed by atoms with Gasteiger partial charge in [-0.1, -0.05) is 32.8 Å². The Hall–Kier alpha value is -0.590. The summed E-state index contributed by atoms with van der Waals surface area (Å²) < 4.78 is 0. The molecule has 0 aromatic heterocycles. The summed E-state index contributed by atoms with van der Waals surface area (Å²) in [6, 6.07) is 0. The average molecular weight is 194 g/mol. The predicted molar refractivity (Wildman–Crippen MR) is 60.2 cm³/mol. The van der Waals surface area contributed by atoms with Crippen LogP contribution < -0.4 is 0 Å². The summed E-state index contributed by atoms with van der Waals surface area (Å²) in [5, 5.41) is 0. The number of carbonyl (C=O) groups excluding carboxylic acids is 1. The summed E-state index contributed by atoms with van der Waals surface area (Å²) in [7, 11) is 0. The topological polar surface area (TPSA) is 17.1 Å². The highest BCUT2D eigenvalue weighted by Gasteiger charge is 2.18. The van der Waals surface area contributed by atoms with Gasteiger partial charge in [0.1, 0.15) is 0 Å². The smallest absolute Gasteiger partial charge is 0.158 e. The maximum Gasteiger partial charge on any atom is 0.158 e. The van der Waals surface area contributed by atoms with Crippen molar-refractivity contribution in [2.75, 3.05) is 0 Å². The first-order valence-corrected chi connectivity index (χ1v) is 6.01. The number of Topliss-reactive ketones (excluding diaryl/α,β-unsaturated/α-hetero) is 1. The van der Waals surface area contributed by atoms with Gasteiger partial charge in [-0.05, 0) is 37.2 Å². The fourth-order valence-electron chi connectivity index (χ4n) is 2.25. The van der Waals surface area contributed by atoms with Crippen LogP contribution in [0.1, 0.15) is 58.8 Å². The number of allylic oxidation sites excluding steroid dienone is 2. The largest absolute Gasteiger partial charge is 0.295 e. The first-order chi connectivity index (χ1) is 6.77. The lowest BCUT2D eigenvalue weighted by Gasteiger charge is -2.10. The Bertz CT molecular complexity index is 209. The number of hydrogen-bond donors (Lipinski definition) is 0. The molecule has 0 heterocycles. The Kier molecular flexibility index (Phi) is 4.92. The van der Waals surface area contributed by atoms with Crippen molar-refractivity contribution < 1.29 is 4.79 Å². The van der Waals surface area contributed by atoms with Crippen LogP contribution >= 0.6 is 0 Å². The van der Waals surface area contributed by atoms with Crippen LogP contribution in [0.15, 0.2) is 11.6 Å². The van der Waals surface area contributed by atoms with Gasteiger partial charge in [0.05, 0.1) is 0 Å². The molecule has 0 aromatic rings. The van der Waals surface area contributed by atoms with E-state index in [1.54, 1.807) is 0 Å². The maximum absolute atomic E-state index is 11.4. The van der Waals surface area contributed by atoms with E-state index in [4.69, 9.17) is 0 Å². The number of ketones is 1. The predicted octanol–water partition coefficient (Wildman–Crippen LogP) is 3.88. The number of rotatable bonds is 5. The molecule has 1 aliphatic rings. The van der Waals surface area contributed by atoms with E-state index in [2.05, 4.69) is 19.9 Å². The second kappa shape index (κ2) is 6.00. The van der Waals surface area contributed by atoms with Crippen LogP contribution in [0.3, 0.4) is 0 Å². The Morgan fingerprint density at radius 3 is 2.29 bits per heavy atom. The molecule has 1 nitrogen and oxygen atoms in total. The van der Waals surface area contributed by atoms with Gasteiger partial charge in [0, 0.05) is 6.42 Å². The SMILES string of the molecule is CCCC(C=C1CCCC1=O)CCC. The van der Waals surface area contributed by atoms with Crippen LogP contribution in [0.2, 0.25) is 0 Å². The van der Waals surface area contributed by atoms with E-state index in [1.807, 2.05) is 0 Å². The Balaban J connectivity index is 2.55. The normalized spacial score (nSPS) is 19.9. The molecule has 0 spiro atoms. The van der Waals surface area contributed by atoms with Crippen LogP contribution in [0, 0.1) is 5.92 Å². The van der Waals surface area contributed by atoms with Crippen molar-refractivity contribution in [1.82, 2.24) is 0 Å². The molecule has 0 saturated heterocycles. The minimum Gasteiger partial charge on any atom is -0.295 e. The molecule has 14 heavy (non-hydrogen) atoms. The van der Waals surface area contributed by atoms with Gasteiger partial charge in [-0.3, -0.25) is 4.79 Å². The van der Waals surface area contributed by atoms with Crippen molar-refractivity contribution in [1.29, 1.82) is 0 Å². The third-order valence-electron chi connectivity index (χ3n) is 2.96. The van der Waals surface area contributed by atoms with Crippen molar-refractivity contribution in [3.05, 3.63) is 11.6 Å². The van der Waals surface area contributed by atoms with E-state index in [1.165, 1.54) is 25.7 Å². The second-order valence-corrected chi connectivity index (χ2v) is 4.31. The summed E-state index contributed by atoms with van der Waals surface area (Å²) in [6.45, 7) is 4.44. The molecule has 0 aliphatic heterocycles. The van der Waals surface area contributed by atoms with Crippen molar-refractivity contribution in [3.8, 4) is 0 Å². The monoisotopic (exact) mass is 194 g/mol. The van der Waals surface area contributed by atoms with Gasteiger partial charge in [-0.15, -0.1) is 0 Å². The number of carbonyl (C=O) groups is 1. The van der Waals surface area contributed by atoms with Crippen LogP contribution in [0.25, 0.3) is 0 Å². The second-order valence-electron chi connectivity index (χ2n) is 4.31. The molecule has 1 heteroatoms. The summed E-state index contributed by atoms with van der Waals surface area (Å²) in [5.74, 6) is 1.06. The standard InChI is InChI=1S/C13H22O/c1-3-6-11(7-4-2)10-12-8-5-9-13(12)14/h10-11H,3-9H2,1-2H3. The van der Waals surface area contributed by atoms with Gasteiger partial charge in [-0.25, -0.2) is 0 Å². The van der Waals surface area contributed by atoms with Gasteiger partial charge in [0.25, 0.3) is 0 Å². The quantitative estimate of drug-likeness (QED) is 0.607. The molecule has 0 amide bonds. The Morgan fingerprint density at radius 1 is 1.21 bits per heavy atom. The summed E-state index contributed by atoms with van der Waals surface area (Å²) >= 11 is 0. The van der Waals surface area contributed by atoms with Crippen LogP contribution in [-0.4, -0.2) is 5.78 Å². The van der Waals surface area contributed by atoms with Gasteiger partial charge < -0.3 is 0 Å². The third-order valence-corrected chi connectivity index (χ3v) is 2.96. The molecule has 0 bridgehead atoms. The van der Waals surface area contributed by atoms with E-state index >= 15 is 0 Å². The lowest BCUT2D eigenvalue weighted by molar-refractivity contribution is -0.114. The van der Waals surface area contributed by atoms with Crippen molar-refractivity contribution in [2.24, 2.45) is 5.92 Å². The van der Waals surface area contributed by atoms with E-state index in [0.717, 1.165) is 24.8 Å². The maximum atomic E-state index is 11.4. The molecule has 0 atom stereocenters. The fraction of sp³-hybridized carbons (Fsp3) is 0.769. The molecule has 1 aliphatic carbocycles.